The Labute approximate surface area is 490 Å². The first-order valence-corrected chi connectivity index (χ1v) is 29.5. The van der Waals surface area contributed by atoms with Crippen molar-refractivity contribution in [3.63, 3.8) is 0 Å². The average Bonchev–Trinajstić information content (AvgIpc) is 1.42. The summed E-state index contributed by atoms with van der Waals surface area (Å²) in [5.41, 5.74) is 25.3. The first-order chi connectivity index (χ1) is 41.7. The Morgan fingerprint density at radius 3 is 1.14 bits per heavy atom. The van der Waals surface area contributed by atoms with Gasteiger partial charge in [-0.15, -0.1) is 11.3 Å². The third-order valence-electron chi connectivity index (χ3n) is 17.4. The number of hydrogen-bond acceptors (Lipinski definition) is 8. The fourth-order valence-electron chi connectivity index (χ4n) is 14.1. The molecular formula is C74H47B2N5O2S. The topological polar surface area (TPSA) is 42.5 Å². The Hall–Kier alpha value is -10.7. The Morgan fingerprint density at radius 2 is 0.702 bits per heavy atom. The lowest BCUT2D eigenvalue weighted by molar-refractivity contribution is 0.651. The van der Waals surface area contributed by atoms with Gasteiger partial charge in [-0.05, 0) is 166 Å². The van der Waals surface area contributed by atoms with Crippen LogP contribution < -0.4 is 57.7 Å². The lowest BCUT2D eigenvalue weighted by Crippen LogP contribution is -2.65. The number of anilines is 15. The van der Waals surface area contributed by atoms with Crippen LogP contribution in [0.3, 0.4) is 0 Å². The SMILES string of the molecule is c1ccc(N(c2ccccc2)c2cc3c4c(c2)N(c2ccccc2)c2c(oc5ccccc25)B4c2cc4c(cc2N3c2ccccc2)N(c2ccccc2)c2cc(-c3cccs3)cc3c2B4c2oc4ccccc4c2N3c2ccccc2)cc1. The van der Waals surface area contributed by atoms with E-state index in [0.717, 1.165) is 141 Å². The van der Waals surface area contributed by atoms with E-state index in [9.17, 15) is 0 Å². The number of thiophene rings is 1. The summed E-state index contributed by atoms with van der Waals surface area (Å²) >= 11 is 1.77. The van der Waals surface area contributed by atoms with Crippen LogP contribution in [0.1, 0.15) is 0 Å². The van der Waals surface area contributed by atoms with Crippen molar-refractivity contribution in [3.05, 3.63) is 284 Å². The molecule has 0 N–H and O–H groups in total. The van der Waals surface area contributed by atoms with Crippen molar-refractivity contribution in [2.75, 3.05) is 24.5 Å². The molecule has 3 aromatic heterocycles. The summed E-state index contributed by atoms with van der Waals surface area (Å²) in [6, 6.07) is 101. The summed E-state index contributed by atoms with van der Waals surface area (Å²) in [4.78, 5) is 13.6. The molecule has 11 aromatic carbocycles. The van der Waals surface area contributed by atoms with Crippen molar-refractivity contribution >= 4 is 165 Å². The largest absolute Gasteiger partial charge is 0.468 e. The molecule has 392 valence electrons. The van der Waals surface area contributed by atoms with Crippen LogP contribution >= 0.6 is 11.3 Å². The van der Waals surface area contributed by atoms with Gasteiger partial charge in [0.1, 0.15) is 11.2 Å². The molecule has 0 unspecified atom stereocenters. The zero-order valence-electron chi connectivity index (χ0n) is 45.3. The predicted molar refractivity (Wildman–Crippen MR) is 352 cm³/mol. The van der Waals surface area contributed by atoms with E-state index in [4.69, 9.17) is 8.83 Å². The zero-order chi connectivity index (χ0) is 55.0. The maximum Gasteiger partial charge on any atom is 0.297 e. The summed E-state index contributed by atoms with van der Waals surface area (Å²) in [6.07, 6.45) is 0. The molecule has 84 heavy (non-hydrogen) atoms. The van der Waals surface area contributed by atoms with Gasteiger partial charge in [-0.3, -0.25) is 0 Å². The van der Waals surface area contributed by atoms with Crippen LogP contribution in [-0.2, 0) is 0 Å². The maximum atomic E-state index is 7.48. The van der Waals surface area contributed by atoms with E-state index < -0.39 is 0 Å². The van der Waals surface area contributed by atoms with Gasteiger partial charge in [0, 0.05) is 83.9 Å². The Balaban J connectivity index is 0.992. The van der Waals surface area contributed by atoms with Crippen LogP contribution in [0.2, 0.25) is 0 Å². The van der Waals surface area contributed by atoms with E-state index >= 15 is 0 Å². The quantitative estimate of drug-likeness (QED) is 0.140. The van der Waals surface area contributed by atoms with E-state index in [1.165, 1.54) is 10.3 Å². The monoisotopic (exact) mass is 1090 g/mol. The normalized spacial score (nSPS) is 13.3. The summed E-state index contributed by atoms with van der Waals surface area (Å²) in [6.45, 7) is -0.659. The average molecular weight is 1090 g/mol. The highest BCUT2D eigenvalue weighted by molar-refractivity contribution is 7.13. The van der Waals surface area contributed by atoms with E-state index in [1.807, 2.05) is 0 Å². The number of rotatable bonds is 8. The van der Waals surface area contributed by atoms with Crippen molar-refractivity contribution < 1.29 is 8.83 Å². The first kappa shape index (κ1) is 47.0. The van der Waals surface area contributed by atoms with Gasteiger partial charge < -0.3 is 33.3 Å². The molecule has 18 rings (SSSR count). The number of hydrogen-bond donors (Lipinski definition) is 0. The van der Waals surface area contributed by atoms with Crippen molar-refractivity contribution in [1.29, 1.82) is 0 Å². The zero-order valence-corrected chi connectivity index (χ0v) is 46.1. The molecule has 4 aliphatic rings. The van der Waals surface area contributed by atoms with Crippen molar-refractivity contribution in [1.82, 2.24) is 0 Å². The highest BCUT2D eigenvalue weighted by atomic mass is 32.1. The van der Waals surface area contributed by atoms with Crippen molar-refractivity contribution in [2.45, 2.75) is 0 Å². The van der Waals surface area contributed by atoms with Gasteiger partial charge in [0.15, 0.2) is 0 Å². The Morgan fingerprint density at radius 1 is 0.321 bits per heavy atom. The molecule has 14 aromatic rings. The first-order valence-electron chi connectivity index (χ1n) is 28.6. The van der Waals surface area contributed by atoms with Gasteiger partial charge in [0.05, 0.1) is 28.4 Å². The van der Waals surface area contributed by atoms with E-state index in [2.05, 4.69) is 309 Å². The molecule has 0 bridgehead atoms. The van der Waals surface area contributed by atoms with Gasteiger partial charge in [0.2, 0.25) is 0 Å². The fraction of sp³-hybridized carbons (Fsp3) is 0. The molecule has 0 aliphatic carbocycles. The second-order valence-electron chi connectivity index (χ2n) is 22.0. The van der Waals surface area contributed by atoms with Crippen molar-refractivity contribution in [2.24, 2.45) is 0 Å². The second kappa shape index (κ2) is 18.4. The molecule has 7 heterocycles. The maximum absolute atomic E-state index is 7.48. The Kier molecular flexibility index (Phi) is 10.3. The lowest BCUT2D eigenvalue weighted by atomic mass is 9.32. The number of furan rings is 2. The van der Waals surface area contributed by atoms with Crippen molar-refractivity contribution in [3.8, 4) is 10.4 Å². The highest BCUT2D eigenvalue weighted by Gasteiger charge is 2.52. The number of benzene rings is 11. The number of nitrogens with zero attached hydrogens (tertiary/aromatic N) is 5. The van der Waals surface area contributed by atoms with Crippen LogP contribution in [-0.4, -0.2) is 13.4 Å². The molecule has 10 heteroatoms. The standard InChI is InChI=1S/C74H47B2N5O2S/c1-7-24-49(25-8-1)77(50-26-9-2-10-27-50)55-44-64-70-65(45-55)81(54-34-17-6-18-35-54)72-57-37-20-22-39-67(57)83-74(72)76(70)59-46-58-60(47-61(59)79(64)52-30-13-4-14-31-52)78(51-28-11-3-12-29-51)62-42-48(68-40-23-41-84-68)43-63-69(62)75(58)73-71(56-36-19-21-38-66(56)82-73)80(63)53-32-15-5-16-33-53/h1-47H. The number of para-hydroxylation sites is 8. The molecular weight excluding hydrogens is 1040 g/mol. The minimum absolute atomic E-state index is 0.312. The Bertz CT molecular complexity index is 4850. The molecule has 0 fully saturated rings. The minimum atomic E-state index is -0.347. The summed E-state index contributed by atoms with van der Waals surface area (Å²) in [5.74, 6) is 0. The summed E-state index contributed by atoms with van der Waals surface area (Å²) in [7, 11) is 0. The van der Waals surface area contributed by atoms with E-state index in [1.54, 1.807) is 11.3 Å². The van der Waals surface area contributed by atoms with Gasteiger partial charge in [-0.2, -0.15) is 0 Å². The third kappa shape index (κ3) is 6.89. The molecule has 0 saturated heterocycles. The van der Waals surface area contributed by atoms with E-state index in [0.29, 0.717) is 0 Å². The number of fused-ring (bicyclic) bond motifs is 12. The second-order valence-corrected chi connectivity index (χ2v) is 22.9. The van der Waals surface area contributed by atoms with E-state index in [-0.39, 0.29) is 13.4 Å². The minimum Gasteiger partial charge on any atom is -0.468 e. The van der Waals surface area contributed by atoms with Crippen LogP contribution in [0.25, 0.3) is 32.4 Å². The smallest absolute Gasteiger partial charge is 0.297 e. The van der Waals surface area contributed by atoms with Gasteiger partial charge in [0.25, 0.3) is 13.4 Å². The molecule has 4 aliphatic heterocycles. The third-order valence-corrected chi connectivity index (χ3v) is 18.3. The predicted octanol–water partition coefficient (Wildman–Crippen LogP) is 16.5. The molecule has 7 nitrogen and oxygen atoms in total. The van der Waals surface area contributed by atoms with Crippen LogP contribution in [0.5, 0.6) is 0 Å². The molecule has 0 atom stereocenters. The summed E-state index contributed by atoms with van der Waals surface area (Å²) in [5, 5.41) is 4.30. The van der Waals surface area contributed by atoms with Gasteiger partial charge >= 0.3 is 0 Å². The summed E-state index contributed by atoms with van der Waals surface area (Å²) < 4.78 is 14.9. The molecule has 0 spiro atoms. The van der Waals surface area contributed by atoms with Crippen LogP contribution in [0.4, 0.5) is 85.3 Å². The van der Waals surface area contributed by atoms with Gasteiger partial charge in [-0.25, -0.2) is 0 Å². The highest BCUT2D eigenvalue weighted by Crippen LogP contribution is 2.53. The lowest BCUT2D eigenvalue weighted by Gasteiger charge is -2.46. The molecule has 0 saturated carbocycles. The molecule has 0 amide bonds. The van der Waals surface area contributed by atoms with Gasteiger partial charge in [-0.1, -0.05) is 146 Å². The molecule has 0 radical (unpaired) electrons. The fourth-order valence-corrected chi connectivity index (χ4v) is 14.8. The van der Waals surface area contributed by atoms with Crippen LogP contribution in [0, 0.1) is 0 Å². The van der Waals surface area contributed by atoms with Crippen LogP contribution in [0.15, 0.2) is 293 Å².